The van der Waals surface area contributed by atoms with Gasteiger partial charge in [-0.25, -0.2) is 4.99 Å². The van der Waals surface area contributed by atoms with Crippen LogP contribution in [0, 0.1) is 0 Å². The van der Waals surface area contributed by atoms with Crippen molar-refractivity contribution in [2.45, 2.75) is 25.3 Å². The van der Waals surface area contributed by atoms with Crippen LogP contribution in [0.25, 0.3) is 0 Å². The monoisotopic (exact) mass is 386 g/mol. The molecule has 1 atom stereocenters. The number of nitrogens with zero attached hydrogens (tertiary/aromatic N) is 2. The second-order valence-electron chi connectivity index (χ2n) is 6.45. The minimum absolute atomic E-state index is 0.0264. The van der Waals surface area contributed by atoms with Crippen molar-refractivity contribution in [2.75, 3.05) is 17.3 Å². The smallest absolute Gasteiger partial charge is 0.239 e. The molecule has 1 aliphatic carbocycles. The molecule has 0 N–H and O–H groups in total. The zero-order chi connectivity index (χ0) is 16.8. The van der Waals surface area contributed by atoms with Gasteiger partial charge in [0, 0.05) is 15.7 Å². The third-order valence-electron chi connectivity index (χ3n) is 4.97. The summed E-state index contributed by atoms with van der Waals surface area (Å²) in [5, 5.41) is 0.894. The number of thioether (sulfide) groups is 3. The molecule has 0 spiro atoms. The van der Waals surface area contributed by atoms with Gasteiger partial charge in [0.25, 0.3) is 0 Å². The van der Waals surface area contributed by atoms with Crippen LogP contribution in [0.3, 0.4) is 0 Å². The molecule has 2 fully saturated rings. The largest absolute Gasteiger partial charge is 0.279 e. The van der Waals surface area contributed by atoms with Crippen LogP contribution in [0.1, 0.15) is 30.9 Å². The fourth-order valence-electron chi connectivity index (χ4n) is 3.92. The van der Waals surface area contributed by atoms with Crippen molar-refractivity contribution in [3.63, 3.8) is 0 Å². The van der Waals surface area contributed by atoms with Gasteiger partial charge < -0.3 is 0 Å². The predicted molar refractivity (Wildman–Crippen MR) is 109 cm³/mol. The molecule has 6 heteroatoms. The van der Waals surface area contributed by atoms with E-state index in [4.69, 9.17) is 4.99 Å². The maximum atomic E-state index is 12.6. The predicted octanol–water partition coefficient (Wildman–Crippen LogP) is 4.80. The Labute approximate surface area is 160 Å². The summed E-state index contributed by atoms with van der Waals surface area (Å²) in [6.45, 7) is 0. The van der Waals surface area contributed by atoms with Gasteiger partial charge >= 0.3 is 0 Å². The summed E-state index contributed by atoms with van der Waals surface area (Å²) < 4.78 is 1.46. The van der Waals surface area contributed by atoms with E-state index in [9.17, 15) is 4.79 Å². The second kappa shape index (κ2) is 6.56. The molecule has 5 rings (SSSR count). The molecule has 1 aromatic carbocycles. The van der Waals surface area contributed by atoms with E-state index in [2.05, 4.69) is 24.3 Å². The maximum Gasteiger partial charge on any atom is 0.239 e. The van der Waals surface area contributed by atoms with Gasteiger partial charge in [0.05, 0.1) is 17.5 Å². The lowest BCUT2D eigenvalue weighted by Gasteiger charge is -2.37. The zero-order valence-electron chi connectivity index (χ0n) is 13.7. The van der Waals surface area contributed by atoms with Crippen molar-refractivity contribution in [1.29, 1.82) is 0 Å². The number of rotatable bonds is 1. The van der Waals surface area contributed by atoms with Gasteiger partial charge in [-0.3, -0.25) is 9.69 Å². The van der Waals surface area contributed by atoms with Crippen molar-refractivity contribution in [3.8, 4) is 0 Å². The van der Waals surface area contributed by atoms with Crippen LogP contribution in [0.15, 0.2) is 56.4 Å². The molecule has 3 aliphatic heterocycles. The quantitative estimate of drug-likeness (QED) is 0.694. The summed E-state index contributed by atoms with van der Waals surface area (Å²) in [5.74, 6) is 3.10. The summed E-state index contributed by atoms with van der Waals surface area (Å²) in [4.78, 5) is 19.5. The molecule has 0 saturated carbocycles. The molecule has 128 valence electrons. The van der Waals surface area contributed by atoms with Crippen molar-refractivity contribution < 1.29 is 4.79 Å². The first-order chi connectivity index (χ1) is 12.3. The van der Waals surface area contributed by atoms with E-state index in [1.807, 2.05) is 34.5 Å². The lowest BCUT2D eigenvalue weighted by Crippen LogP contribution is -2.38. The van der Waals surface area contributed by atoms with E-state index in [1.165, 1.54) is 38.1 Å². The van der Waals surface area contributed by atoms with E-state index < -0.39 is 0 Å². The highest BCUT2D eigenvalue weighted by Gasteiger charge is 2.42. The number of hydrogen-bond acceptors (Lipinski definition) is 5. The van der Waals surface area contributed by atoms with Crippen LogP contribution in [0.4, 0.5) is 0 Å². The number of allylic oxidation sites excluding steroid dienone is 1. The Hall–Kier alpha value is -1.11. The molecular weight excluding hydrogens is 368 g/mol. The topological polar surface area (TPSA) is 32.7 Å². The zero-order valence-corrected chi connectivity index (χ0v) is 16.2. The Kier molecular flexibility index (Phi) is 4.22. The average molecular weight is 387 g/mol. The van der Waals surface area contributed by atoms with Crippen LogP contribution in [-0.4, -0.2) is 33.2 Å². The molecule has 1 amide bonds. The Bertz CT molecular complexity index is 820. The summed E-state index contributed by atoms with van der Waals surface area (Å²) in [6, 6.07) is 10.5. The standard InChI is InChI=1S/C19H18N2OS3/c22-15-11-25-19-20-16-13(7-4-8-14(16)18-23-9-10-24-18)17(21(15)19)12-5-2-1-3-6-12/h1-3,5-6,17H,4,7-11H2/t17-/m1/s1. The van der Waals surface area contributed by atoms with Crippen molar-refractivity contribution in [3.05, 3.63) is 57.0 Å². The number of benzene rings is 1. The van der Waals surface area contributed by atoms with Gasteiger partial charge in [-0.1, -0.05) is 42.1 Å². The first-order valence-electron chi connectivity index (χ1n) is 8.63. The summed E-state index contributed by atoms with van der Waals surface area (Å²) >= 11 is 5.55. The third-order valence-corrected chi connectivity index (χ3v) is 8.71. The van der Waals surface area contributed by atoms with Gasteiger partial charge in [0.1, 0.15) is 0 Å². The SMILES string of the molecule is O=C1CSC2=NC3=C(CCCC3=C3SCCS3)[C@@H](c3ccccc3)N12. The normalized spacial score (nSPS) is 26.1. The van der Waals surface area contributed by atoms with Gasteiger partial charge in [-0.2, -0.15) is 0 Å². The first kappa shape index (κ1) is 16.1. The summed E-state index contributed by atoms with van der Waals surface area (Å²) in [6.07, 6.45) is 3.31. The molecule has 3 nitrogen and oxygen atoms in total. The number of aliphatic imine (C=N–C) groups is 1. The fraction of sp³-hybridized carbons (Fsp3) is 0.368. The molecule has 3 heterocycles. The number of carbonyl (C=O) groups is 1. The molecule has 25 heavy (non-hydrogen) atoms. The lowest BCUT2D eigenvalue weighted by molar-refractivity contribution is -0.125. The minimum Gasteiger partial charge on any atom is -0.279 e. The van der Waals surface area contributed by atoms with E-state index >= 15 is 0 Å². The van der Waals surface area contributed by atoms with Gasteiger partial charge in [0.2, 0.25) is 5.91 Å². The van der Waals surface area contributed by atoms with Gasteiger partial charge in [-0.15, -0.1) is 23.5 Å². The minimum atomic E-state index is 0.0264. The molecule has 0 unspecified atom stereocenters. The summed E-state index contributed by atoms with van der Waals surface area (Å²) in [7, 11) is 0. The van der Waals surface area contributed by atoms with Crippen LogP contribution in [0.2, 0.25) is 0 Å². The van der Waals surface area contributed by atoms with Crippen molar-refractivity contribution in [2.24, 2.45) is 4.99 Å². The molecule has 1 aromatic rings. The number of carbonyl (C=O) groups excluding carboxylic acids is 1. The number of amides is 1. The maximum absolute atomic E-state index is 12.6. The Morgan fingerprint density at radius 1 is 1.04 bits per heavy atom. The second-order valence-corrected chi connectivity index (χ2v) is 9.86. The Morgan fingerprint density at radius 2 is 1.84 bits per heavy atom. The first-order valence-corrected chi connectivity index (χ1v) is 11.6. The van der Waals surface area contributed by atoms with Gasteiger partial charge in [0.15, 0.2) is 5.17 Å². The molecule has 0 radical (unpaired) electrons. The molecule has 0 bridgehead atoms. The molecule has 2 saturated heterocycles. The van der Waals surface area contributed by atoms with Crippen LogP contribution < -0.4 is 0 Å². The summed E-state index contributed by atoms with van der Waals surface area (Å²) in [5.41, 5.74) is 5.16. The van der Waals surface area contributed by atoms with E-state index in [0.29, 0.717) is 5.75 Å². The molecular formula is C19H18N2OS3. The van der Waals surface area contributed by atoms with Gasteiger partial charge in [-0.05, 0) is 36.0 Å². The molecule has 0 aromatic heterocycles. The van der Waals surface area contributed by atoms with Crippen molar-refractivity contribution in [1.82, 2.24) is 4.90 Å². The highest BCUT2D eigenvalue weighted by molar-refractivity contribution is 8.25. The lowest BCUT2D eigenvalue weighted by atomic mass is 9.84. The number of hydrogen-bond donors (Lipinski definition) is 0. The molecule has 4 aliphatic rings. The number of amidine groups is 1. The highest BCUT2D eigenvalue weighted by atomic mass is 32.2. The van der Waals surface area contributed by atoms with E-state index in [0.717, 1.165) is 24.4 Å². The Balaban J connectivity index is 1.69. The highest BCUT2D eigenvalue weighted by Crippen LogP contribution is 2.51. The van der Waals surface area contributed by atoms with E-state index in [-0.39, 0.29) is 11.9 Å². The Morgan fingerprint density at radius 3 is 2.64 bits per heavy atom. The van der Waals surface area contributed by atoms with Crippen LogP contribution >= 0.6 is 35.3 Å². The van der Waals surface area contributed by atoms with Crippen LogP contribution in [0.5, 0.6) is 0 Å². The third kappa shape index (κ3) is 2.69. The number of fused-ring (bicyclic) bond motifs is 1. The fourth-order valence-corrected chi connectivity index (χ4v) is 7.44. The van der Waals surface area contributed by atoms with E-state index in [1.54, 1.807) is 11.8 Å². The van der Waals surface area contributed by atoms with Crippen LogP contribution in [-0.2, 0) is 4.79 Å². The van der Waals surface area contributed by atoms with Crippen molar-refractivity contribution >= 4 is 46.4 Å². The average Bonchev–Trinajstić information content (AvgIpc) is 3.31.